The molecule has 0 bridgehead atoms. The van der Waals surface area contributed by atoms with Crippen LogP contribution in [0.2, 0.25) is 0 Å². The Labute approximate surface area is 137 Å². The molecule has 1 unspecified atom stereocenters. The zero-order chi connectivity index (χ0) is 16.7. The number of carboxylic acid groups (broad SMARTS) is 1. The Morgan fingerprint density at radius 1 is 1.04 bits per heavy atom. The third kappa shape index (κ3) is 5.42. The summed E-state index contributed by atoms with van der Waals surface area (Å²) in [5.74, 6) is -0.00251. The van der Waals surface area contributed by atoms with Gasteiger partial charge < -0.3 is 15.2 Å². The number of carbonyl (C=O) groups is 1. The standard InChI is InChI=1S/C19H23NO3/c1-14(12-16-8-10-17(23-2)11-9-16)20-18(19(21)22)13-15-6-4-3-5-7-15/h3-11,14,18,20H,12-13H2,1-2H3,(H,21,22)/t14?,18-/m0/s1. The molecule has 2 aromatic carbocycles. The molecule has 0 aliphatic rings. The van der Waals surface area contributed by atoms with E-state index in [0.717, 1.165) is 23.3 Å². The molecular weight excluding hydrogens is 290 g/mol. The van der Waals surface area contributed by atoms with Crippen molar-refractivity contribution >= 4 is 5.97 Å². The van der Waals surface area contributed by atoms with Crippen LogP contribution in [0.1, 0.15) is 18.1 Å². The van der Waals surface area contributed by atoms with Crippen LogP contribution in [-0.2, 0) is 17.6 Å². The summed E-state index contributed by atoms with van der Waals surface area (Å²) in [6.07, 6.45) is 1.24. The van der Waals surface area contributed by atoms with Gasteiger partial charge in [0.15, 0.2) is 0 Å². The number of benzene rings is 2. The molecule has 122 valence electrons. The summed E-state index contributed by atoms with van der Waals surface area (Å²) < 4.78 is 5.14. The van der Waals surface area contributed by atoms with Gasteiger partial charge in [0.1, 0.15) is 11.8 Å². The van der Waals surface area contributed by atoms with Crippen molar-refractivity contribution in [3.8, 4) is 5.75 Å². The molecular formula is C19H23NO3. The predicted octanol–water partition coefficient (Wildman–Crippen LogP) is 2.91. The molecule has 2 aromatic rings. The number of aliphatic carboxylic acids is 1. The second-order valence-corrected chi connectivity index (χ2v) is 5.70. The number of ether oxygens (including phenoxy) is 1. The van der Waals surface area contributed by atoms with Crippen molar-refractivity contribution in [1.29, 1.82) is 0 Å². The van der Waals surface area contributed by atoms with Gasteiger partial charge in [-0.3, -0.25) is 4.79 Å². The first-order chi connectivity index (χ1) is 11.1. The van der Waals surface area contributed by atoms with E-state index < -0.39 is 12.0 Å². The predicted molar refractivity (Wildman–Crippen MR) is 90.9 cm³/mol. The second kappa shape index (κ2) is 8.34. The fourth-order valence-electron chi connectivity index (χ4n) is 2.58. The minimum Gasteiger partial charge on any atom is -0.497 e. The van der Waals surface area contributed by atoms with Gasteiger partial charge >= 0.3 is 5.97 Å². The lowest BCUT2D eigenvalue weighted by atomic mass is 10.0. The van der Waals surface area contributed by atoms with Crippen molar-refractivity contribution in [1.82, 2.24) is 5.32 Å². The molecule has 0 heterocycles. The summed E-state index contributed by atoms with van der Waals surface area (Å²) in [6, 6.07) is 17.0. The van der Waals surface area contributed by atoms with E-state index in [1.807, 2.05) is 61.5 Å². The SMILES string of the molecule is COc1ccc(CC(C)N[C@@H](Cc2ccccc2)C(=O)O)cc1. The van der Waals surface area contributed by atoms with E-state index in [-0.39, 0.29) is 6.04 Å². The first-order valence-corrected chi connectivity index (χ1v) is 7.74. The second-order valence-electron chi connectivity index (χ2n) is 5.70. The molecule has 0 saturated heterocycles. The van der Waals surface area contributed by atoms with Crippen LogP contribution in [0.3, 0.4) is 0 Å². The molecule has 2 N–H and O–H groups in total. The van der Waals surface area contributed by atoms with Crippen LogP contribution >= 0.6 is 0 Å². The van der Waals surface area contributed by atoms with Gasteiger partial charge in [-0.25, -0.2) is 0 Å². The van der Waals surface area contributed by atoms with Gasteiger partial charge in [0.05, 0.1) is 7.11 Å². The molecule has 0 saturated carbocycles. The Morgan fingerprint density at radius 3 is 2.22 bits per heavy atom. The molecule has 0 radical (unpaired) electrons. The van der Waals surface area contributed by atoms with E-state index >= 15 is 0 Å². The largest absolute Gasteiger partial charge is 0.497 e. The van der Waals surface area contributed by atoms with Crippen molar-refractivity contribution in [3.05, 3.63) is 65.7 Å². The minimum absolute atomic E-state index is 0.0632. The highest BCUT2D eigenvalue weighted by Gasteiger charge is 2.20. The van der Waals surface area contributed by atoms with Gasteiger partial charge in [-0.1, -0.05) is 42.5 Å². The van der Waals surface area contributed by atoms with Gasteiger partial charge in [-0.05, 0) is 43.0 Å². The third-order valence-electron chi connectivity index (χ3n) is 3.77. The zero-order valence-corrected chi connectivity index (χ0v) is 13.5. The van der Waals surface area contributed by atoms with E-state index in [1.165, 1.54) is 0 Å². The Balaban J connectivity index is 1.94. The van der Waals surface area contributed by atoms with Crippen LogP contribution in [0.5, 0.6) is 5.75 Å². The Morgan fingerprint density at radius 2 is 1.65 bits per heavy atom. The number of rotatable bonds is 8. The van der Waals surface area contributed by atoms with Crippen molar-refractivity contribution < 1.29 is 14.6 Å². The molecule has 0 aliphatic carbocycles. The average molecular weight is 313 g/mol. The summed E-state index contributed by atoms with van der Waals surface area (Å²) in [6.45, 7) is 2.01. The molecule has 4 nitrogen and oxygen atoms in total. The maximum Gasteiger partial charge on any atom is 0.321 e. The van der Waals surface area contributed by atoms with Crippen molar-refractivity contribution in [2.24, 2.45) is 0 Å². The smallest absolute Gasteiger partial charge is 0.321 e. The maximum absolute atomic E-state index is 11.5. The maximum atomic E-state index is 11.5. The lowest BCUT2D eigenvalue weighted by Crippen LogP contribution is -2.44. The summed E-state index contributed by atoms with van der Waals surface area (Å²) in [5.41, 5.74) is 2.17. The highest BCUT2D eigenvalue weighted by molar-refractivity contribution is 5.74. The topological polar surface area (TPSA) is 58.6 Å². The first-order valence-electron chi connectivity index (χ1n) is 7.74. The molecule has 2 atom stereocenters. The molecule has 0 fully saturated rings. The highest BCUT2D eigenvalue weighted by Crippen LogP contribution is 2.13. The van der Waals surface area contributed by atoms with Crippen LogP contribution in [0.25, 0.3) is 0 Å². The Bertz CT molecular complexity index is 610. The van der Waals surface area contributed by atoms with Gasteiger partial charge in [0, 0.05) is 6.04 Å². The molecule has 0 aliphatic heterocycles. The highest BCUT2D eigenvalue weighted by atomic mass is 16.5. The monoisotopic (exact) mass is 313 g/mol. The Hall–Kier alpha value is -2.33. The van der Waals surface area contributed by atoms with Gasteiger partial charge in [-0.15, -0.1) is 0 Å². The molecule has 2 rings (SSSR count). The number of hydrogen-bond acceptors (Lipinski definition) is 3. The van der Waals surface area contributed by atoms with Gasteiger partial charge in [-0.2, -0.15) is 0 Å². The summed E-state index contributed by atoms with van der Waals surface area (Å²) in [4.78, 5) is 11.5. The Kier molecular flexibility index (Phi) is 6.18. The molecule has 0 amide bonds. The van der Waals surface area contributed by atoms with E-state index in [0.29, 0.717) is 6.42 Å². The van der Waals surface area contributed by atoms with Crippen molar-refractivity contribution in [2.75, 3.05) is 7.11 Å². The van der Waals surface area contributed by atoms with Gasteiger partial charge in [0.25, 0.3) is 0 Å². The summed E-state index contributed by atoms with van der Waals surface area (Å²) >= 11 is 0. The first kappa shape index (κ1) is 17.0. The quantitative estimate of drug-likeness (QED) is 0.787. The van der Waals surface area contributed by atoms with E-state index in [4.69, 9.17) is 4.74 Å². The van der Waals surface area contributed by atoms with Crippen LogP contribution in [0.4, 0.5) is 0 Å². The molecule has 0 spiro atoms. The minimum atomic E-state index is -0.824. The van der Waals surface area contributed by atoms with Crippen molar-refractivity contribution in [2.45, 2.75) is 31.8 Å². The van der Waals surface area contributed by atoms with E-state index in [9.17, 15) is 9.90 Å². The van der Waals surface area contributed by atoms with Crippen molar-refractivity contribution in [3.63, 3.8) is 0 Å². The third-order valence-corrected chi connectivity index (χ3v) is 3.77. The number of hydrogen-bond donors (Lipinski definition) is 2. The molecule has 4 heteroatoms. The average Bonchev–Trinajstić information content (AvgIpc) is 2.56. The fraction of sp³-hybridized carbons (Fsp3) is 0.316. The number of methoxy groups -OCH3 is 1. The zero-order valence-electron chi connectivity index (χ0n) is 13.5. The number of nitrogens with one attached hydrogen (secondary N) is 1. The van der Waals surface area contributed by atoms with E-state index in [1.54, 1.807) is 7.11 Å². The van der Waals surface area contributed by atoms with E-state index in [2.05, 4.69) is 5.32 Å². The van der Waals surface area contributed by atoms with Crippen LogP contribution in [0.15, 0.2) is 54.6 Å². The fourth-order valence-corrected chi connectivity index (χ4v) is 2.58. The molecule has 23 heavy (non-hydrogen) atoms. The van der Waals surface area contributed by atoms with Gasteiger partial charge in [0.2, 0.25) is 0 Å². The molecule has 0 aromatic heterocycles. The van der Waals surface area contributed by atoms with Crippen LogP contribution in [-0.4, -0.2) is 30.3 Å². The van der Waals surface area contributed by atoms with Crippen LogP contribution < -0.4 is 10.1 Å². The normalized spacial score (nSPS) is 13.3. The lowest BCUT2D eigenvalue weighted by molar-refractivity contribution is -0.139. The van der Waals surface area contributed by atoms with Crippen LogP contribution in [0, 0.1) is 0 Å². The summed E-state index contributed by atoms with van der Waals surface area (Å²) in [5, 5.41) is 12.6. The summed E-state index contributed by atoms with van der Waals surface area (Å²) in [7, 11) is 1.64. The number of carboxylic acids is 1. The lowest BCUT2D eigenvalue weighted by Gasteiger charge is -2.20.